The van der Waals surface area contributed by atoms with Gasteiger partial charge in [-0.2, -0.15) is 0 Å². The monoisotopic (exact) mass is 164 g/mol. The number of rotatable bonds is 1. The Labute approximate surface area is 70.0 Å². The third-order valence-corrected chi connectivity index (χ3v) is 2.96. The third-order valence-electron chi connectivity index (χ3n) is 2.18. The summed E-state index contributed by atoms with van der Waals surface area (Å²) in [5, 5.41) is 1.06. The molecule has 11 heavy (non-hydrogen) atoms. The Balaban J connectivity index is 3.25. The lowest BCUT2D eigenvalue weighted by Crippen LogP contribution is -2.18. The molecule has 0 bridgehead atoms. The zero-order chi connectivity index (χ0) is 8.43. The first kappa shape index (κ1) is 8.49. The van der Waals surface area contributed by atoms with E-state index in [9.17, 15) is 0 Å². The minimum absolute atomic E-state index is 0.0784. The van der Waals surface area contributed by atoms with Crippen LogP contribution in [-0.2, 0) is 0 Å². The molecule has 1 nitrogen and oxygen atoms in total. The van der Waals surface area contributed by atoms with Gasteiger partial charge in [0.2, 0.25) is 0 Å². The molecular weight excluding hydrogens is 152 g/mol. The van der Waals surface area contributed by atoms with Crippen LogP contribution in [0.3, 0.4) is 0 Å². The molecule has 0 spiro atoms. The standard InChI is InChI=1S/C9H12OSi/c1-6-4-5-9(11-10)8(3)7(6)2/h4-5,10H,1-3H3. The molecule has 0 saturated heterocycles. The number of aryl methyl sites for hydroxylation is 1. The van der Waals surface area contributed by atoms with Crippen LogP contribution in [0.2, 0.25) is 0 Å². The van der Waals surface area contributed by atoms with E-state index in [0.29, 0.717) is 0 Å². The number of hydrogen-bond donors (Lipinski definition) is 1. The Kier molecular flexibility index (Phi) is 2.47. The summed E-state index contributed by atoms with van der Waals surface area (Å²) in [6, 6.07) is 4.05. The van der Waals surface area contributed by atoms with E-state index in [4.69, 9.17) is 4.80 Å². The summed E-state index contributed by atoms with van der Waals surface area (Å²) in [7, 11) is -0.0784. The second-order valence-electron chi connectivity index (χ2n) is 2.79. The molecule has 2 heteroatoms. The van der Waals surface area contributed by atoms with Crippen LogP contribution in [-0.4, -0.2) is 14.6 Å². The minimum atomic E-state index is -0.0784. The summed E-state index contributed by atoms with van der Waals surface area (Å²) in [5.41, 5.74) is 3.82. The molecule has 0 heterocycles. The summed E-state index contributed by atoms with van der Waals surface area (Å²) in [6.45, 7) is 6.24. The largest absolute Gasteiger partial charge is 0.428 e. The van der Waals surface area contributed by atoms with E-state index >= 15 is 0 Å². The summed E-state index contributed by atoms with van der Waals surface area (Å²) in [4.78, 5) is 8.96. The van der Waals surface area contributed by atoms with Crippen molar-refractivity contribution in [3.05, 3.63) is 28.8 Å². The first-order valence-electron chi connectivity index (χ1n) is 3.63. The van der Waals surface area contributed by atoms with Crippen molar-refractivity contribution in [1.82, 2.24) is 0 Å². The van der Waals surface area contributed by atoms with Crippen molar-refractivity contribution in [2.75, 3.05) is 0 Å². The highest BCUT2D eigenvalue weighted by Crippen LogP contribution is 2.08. The van der Waals surface area contributed by atoms with E-state index < -0.39 is 0 Å². The molecule has 0 saturated carbocycles. The lowest BCUT2D eigenvalue weighted by atomic mass is 10.1. The van der Waals surface area contributed by atoms with Gasteiger partial charge in [0.1, 0.15) is 0 Å². The van der Waals surface area contributed by atoms with Gasteiger partial charge >= 0.3 is 0 Å². The molecule has 0 atom stereocenters. The topological polar surface area (TPSA) is 20.2 Å². The molecule has 1 rings (SSSR count). The summed E-state index contributed by atoms with van der Waals surface area (Å²) in [5.74, 6) is 0. The zero-order valence-electron chi connectivity index (χ0n) is 7.10. The first-order valence-corrected chi connectivity index (χ1v) is 4.58. The molecule has 0 unspecified atom stereocenters. The molecule has 2 radical (unpaired) electrons. The fourth-order valence-corrected chi connectivity index (χ4v) is 1.59. The van der Waals surface area contributed by atoms with Crippen LogP contribution in [0.25, 0.3) is 0 Å². The predicted octanol–water partition coefficient (Wildman–Crippen LogP) is 0.849. The van der Waals surface area contributed by atoms with Gasteiger partial charge in [-0.05, 0) is 42.6 Å². The van der Waals surface area contributed by atoms with Crippen molar-refractivity contribution in [2.45, 2.75) is 20.8 Å². The molecule has 0 aliphatic rings. The second kappa shape index (κ2) is 3.20. The minimum Gasteiger partial charge on any atom is -0.428 e. The van der Waals surface area contributed by atoms with Gasteiger partial charge in [-0.1, -0.05) is 12.1 Å². The average molecular weight is 164 g/mol. The maximum Gasteiger partial charge on any atom is 0.265 e. The van der Waals surface area contributed by atoms with Gasteiger partial charge in [-0.3, -0.25) is 0 Å². The highest BCUT2D eigenvalue weighted by Gasteiger charge is 2.02. The van der Waals surface area contributed by atoms with Gasteiger partial charge in [0.15, 0.2) is 0 Å². The Bertz CT molecular complexity index is 269. The first-order chi connectivity index (χ1) is 5.16. The van der Waals surface area contributed by atoms with Crippen molar-refractivity contribution < 1.29 is 4.80 Å². The Morgan fingerprint density at radius 2 is 1.73 bits per heavy atom. The smallest absolute Gasteiger partial charge is 0.265 e. The lowest BCUT2D eigenvalue weighted by molar-refractivity contribution is 0.615. The molecule has 58 valence electrons. The molecule has 1 aromatic carbocycles. The quantitative estimate of drug-likeness (QED) is 0.610. The molecule has 0 aromatic heterocycles. The highest BCUT2D eigenvalue weighted by molar-refractivity contribution is 6.46. The van der Waals surface area contributed by atoms with Gasteiger partial charge in [-0.15, -0.1) is 0 Å². The molecule has 1 N–H and O–H groups in total. The van der Waals surface area contributed by atoms with Crippen LogP contribution in [0.4, 0.5) is 0 Å². The second-order valence-corrected chi connectivity index (χ2v) is 3.55. The molecule has 0 amide bonds. The van der Waals surface area contributed by atoms with Gasteiger partial charge in [0.05, 0.1) is 0 Å². The van der Waals surface area contributed by atoms with Crippen molar-refractivity contribution in [3.8, 4) is 0 Å². The zero-order valence-corrected chi connectivity index (χ0v) is 8.10. The van der Waals surface area contributed by atoms with Crippen molar-refractivity contribution in [1.29, 1.82) is 0 Å². The Morgan fingerprint density at radius 1 is 1.09 bits per heavy atom. The van der Waals surface area contributed by atoms with Gasteiger partial charge in [0, 0.05) is 0 Å². The normalized spacial score (nSPS) is 10.2. The van der Waals surface area contributed by atoms with Crippen LogP contribution in [0, 0.1) is 20.8 Å². The van der Waals surface area contributed by atoms with Crippen molar-refractivity contribution >= 4 is 14.9 Å². The molecular formula is C9H12OSi. The van der Waals surface area contributed by atoms with Crippen LogP contribution in [0.15, 0.2) is 12.1 Å². The van der Waals surface area contributed by atoms with Gasteiger partial charge in [-0.25, -0.2) is 0 Å². The number of benzene rings is 1. The molecule has 0 aliphatic heterocycles. The summed E-state index contributed by atoms with van der Waals surface area (Å²) in [6.07, 6.45) is 0. The molecule has 0 fully saturated rings. The summed E-state index contributed by atoms with van der Waals surface area (Å²) < 4.78 is 0. The maximum atomic E-state index is 8.96. The fourth-order valence-electron chi connectivity index (χ4n) is 1.08. The third kappa shape index (κ3) is 1.52. The van der Waals surface area contributed by atoms with E-state index in [0.717, 1.165) is 5.19 Å². The molecule has 0 aliphatic carbocycles. The predicted molar refractivity (Wildman–Crippen MR) is 48.3 cm³/mol. The average Bonchev–Trinajstić information content (AvgIpc) is 2.01. The van der Waals surface area contributed by atoms with Crippen LogP contribution in [0.1, 0.15) is 16.7 Å². The van der Waals surface area contributed by atoms with Crippen LogP contribution < -0.4 is 5.19 Å². The van der Waals surface area contributed by atoms with Crippen LogP contribution in [0.5, 0.6) is 0 Å². The lowest BCUT2D eigenvalue weighted by Gasteiger charge is -2.07. The fraction of sp³-hybridized carbons (Fsp3) is 0.333. The van der Waals surface area contributed by atoms with Crippen molar-refractivity contribution in [2.24, 2.45) is 0 Å². The SMILES string of the molecule is Cc1ccc([Si]O)c(C)c1C. The van der Waals surface area contributed by atoms with E-state index in [2.05, 4.69) is 26.8 Å². The van der Waals surface area contributed by atoms with Gasteiger partial charge < -0.3 is 4.80 Å². The number of hydrogen-bond acceptors (Lipinski definition) is 1. The Hall–Kier alpha value is -0.603. The van der Waals surface area contributed by atoms with Crippen LogP contribution >= 0.6 is 0 Å². The van der Waals surface area contributed by atoms with E-state index in [-0.39, 0.29) is 9.76 Å². The van der Waals surface area contributed by atoms with Crippen molar-refractivity contribution in [3.63, 3.8) is 0 Å². The molecule has 1 aromatic rings. The van der Waals surface area contributed by atoms with E-state index in [1.807, 2.05) is 6.07 Å². The van der Waals surface area contributed by atoms with Gasteiger partial charge in [0.25, 0.3) is 9.76 Å². The van der Waals surface area contributed by atoms with E-state index in [1.54, 1.807) is 0 Å². The maximum absolute atomic E-state index is 8.96. The summed E-state index contributed by atoms with van der Waals surface area (Å²) >= 11 is 0. The Morgan fingerprint density at radius 3 is 2.27 bits per heavy atom. The van der Waals surface area contributed by atoms with E-state index in [1.165, 1.54) is 16.7 Å². The highest BCUT2D eigenvalue weighted by atomic mass is 28.2.